The van der Waals surface area contributed by atoms with E-state index in [4.69, 9.17) is 0 Å². The first kappa shape index (κ1) is 19.9. The molecule has 142 valence electrons. The van der Waals surface area contributed by atoms with Crippen LogP contribution in [0, 0.1) is 19.7 Å². The van der Waals surface area contributed by atoms with Crippen LogP contribution >= 0.6 is 0 Å². The first-order chi connectivity index (χ1) is 12.3. The van der Waals surface area contributed by atoms with Crippen molar-refractivity contribution in [3.63, 3.8) is 0 Å². The summed E-state index contributed by atoms with van der Waals surface area (Å²) in [6.07, 6.45) is 0. The molecule has 0 aliphatic rings. The van der Waals surface area contributed by atoms with Crippen molar-refractivity contribution in [3.05, 3.63) is 52.6 Å². The summed E-state index contributed by atoms with van der Waals surface area (Å²) in [4.78, 5) is 6.35. The zero-order chi connectivity index (χ0) is 19.3. The van der Waals surface area contributed by atoms with Crippen LogP contribution in [0.5, 0.6) is 0 Å². The van der Waals surface area contributed by atoms with Gasteiger partial charge in [-0.3, -0.25) is 9.67 Å². The standard InChI is InChI=1S/C19H29FN6/c1-13-17(14(2)26(6)24-13)11-22-19(21-3)23-12-18(25(4)5)15-8-7-9-16(20)10-15/h7-10,18H,11-12H2,1-6H3,(H2,21,22,23). The van der Waals surface area contributed by atoms with Gasteiger partial charge in [-0.15, -0.1) is 0 Å². The van der Waals surface area contributed by atoms with Crippen molar-refractivity contribution in [2.24, 2.45) is 12.0 Å². The van der Waals surface area contributed by atoms with Crippen LogP contribution in [0.3, 0.4) is 0 Å². The van der Waals surface area contributed by atoms with Crippen LogP contribution in [0.25, 0.3) is 0 Å². The van der Waals surface area contributed by atoms with E-state index in [1.807, 2.05) is 38.8 Å². The normalized spacial score (nSPS) is 13.2. The van der Waals surface area contributed by atoms with Crippen LogP contribution in [-0.2, 0) is 13.6 Å². The first-order valence-corrected chi connectivity index (χ1v) is 8.69. The molecule has 0 saturated heterocycles. The third-order valence-corrected chi connectivity index (χ3v) is 4.63. The Labute approximate surface area is 155 Å². The van der Waals surface area contributed by atoms with Crippen molar-refractivity contribution in [3.8, 4) is 0 Å². The highest BCUT2D eigenvalue weighted by Gasteiger charge is 2.16. The number of aliphatic imine (C=N–C) groups is 1. The predicted molar refractivity (Wildman–Crippen MR) is 104 cm³/mol. The molecular formula is C19H29FN6. The van der Waals surface area contributed by atoms with Gasteiger partial charge in [-0.2, -0.15) is 5.10 Å². The molecule has 1 atom stereocenters. The number of hydrogen-bond donors (Lipinski definition) is 2. The average Bonchev–Trinajstić information content (AvgIpc) is 2.83. The lowest BCUT2D eigenvalue weighted by atomic mass is 10.1. The Bertz CT molecular complexity index is 765. The monoisotopic (exact) mass is 360 g/mol. The van der Waals surface area contributed by atoms with Gasteiger partial charge in [0.05, 0.1) is 11.7 Å². The molecule has 1 aromatic heterocycles. The van der Waals surface area contributed by atoms with E-state index < -0.39 is 0 Å². The van der Waals surface area contributed by atoms with E-state index in [1.165, 1.54) is 11.6 Å². The number of aromatic nitrogens is 2. The molecule has 0 bridgehead atoms. The molecule has 7 heteroatoms. The molecule has 1 unspecified atom stereocenters. The summed E-state index contributed by atoms with van der Waals surface area (Å²) in [5, 5.41) is 11.1. The number of guanidine groups is 1. The van der Waals surface area contributed by atoms with Gasteiger partial charge in [0.15, 0.2) is 5.96 Å². The lowest BCUT2D eigenvalue weighted by Crippen LogP contribution is -2.41. The minimum absolute atomic E-state index is 0.0334. The van der Waals surface area contributed by atoms with Gasteiger partial charge in [0, 0.05) is 38.4 Å². The van der Waals surface area contributed by atoms with Crippen molar-refractivity contribution in [2.45, 2.75) is 26.4 Å². The number of nitrogens with zero attached hydrogens (tertiary/aromatic N) is 4. The molecule has 0 amide bonds. The van der Waals surface area contributed by atoms with Crippen LogP contribution in [0.1, 0.15) is 28.6 Å². The third-order valence-electron chi connectivity index (χ3n) is 4.63. The molecule has 0 fully saturated rings. The van der Waals surface area contributed by atoms with Gasteiger partial charge >= 0.3 is 0 Å². The molecule has 0 spiro atoms. The van der Waals surface area contributed by atoms with Gasteiger partial charge in [-0.25, -0.2) is 4.39 Å². The number of nitrogens with one attached hydrogen (secondary N) is 2. The highest BCUT2D eigenvalue weighted by atomic mass is 19.1. The molecule has 2 rings (SSSR count). The zero-order valence-corrected chi connectivity index (χ0v) is 16.5. The van der Waals surface area contributed by atoms with Gasteiger partial charge in [-0.1, -0.05) is 12.1 Å². The number of likely N-dealkylation sites (N-methyl/N-ethyl adjacent to an activating group) is 1. The summed E-state index contributed by atoms with van der Waals surface area (Å²) in [7, 11) is 7.65. The average molecular weight is 360 g/mol. The molecular weight excluding hydrogens is 331 g/mol. The second-order valence-electron chi connectivity index (χ2n) is 6.61. The first-order valence-electron chi connectivity index (χ1n) is 8.69. The minimum Gasteiger partial charge on any atom is -0.354 e. The molecule has 1 heterocycles. The number of halogens is 1. The van der Waals surface area contributed by atoms with Crippen molar-refractivity contribution in [2.75, 3.05) is 27.7 Å². The maximum atomic E-state index is 13.6. The van der Waals surface area contributed by atoms with Crippen molar-refractivity contribution in [1.82, 2.24) is 25.3 Å². The van der Waals surface area contributed by atoms with Gasteiger partial charge in [-0.05, 0) is 45.6 Å². The van der Waals surface area contributed by atoms with E-state index in [-0.39, 0.29) is 11.9 Å². The number of aryl methyl sites for hydroxylation is 2. The number of hydrogen-bond acceptors (Lipinski definition) is 3. The summed E-state index contributed by atoms with van der Waals surface area (Å²) in [6.45, 7) is 5.32. The maximum absolute atomic E-state index is 13.6. The van der Waals surface area contributed by atoms with Gasteiger partial charge in [0.25, 0.3) is 0 Å². The molecule has 6 nitrogen and oxygen atoms in total. The smallest absolute Gasteiger partial charge is 0.191 e. The van der Waals surface area contributed by atoms with Crippen LogP contribution in [0.2, 0.25) is 0 Å². The Hall–Kier alpha value is -2.41. The van der Waals surface area contributed by atoms with Gasteiger partial charge < -0.3 is 15.5 Å². The van der Waals surface area contributed by atoms with E-state index >= 15 is 0 Å². The van der Waals surface area contributed by atoms with Crippen LogP contribution in [0.15, 0.2) is 29.3 Å². The van der Waals surface area contributed by atoms with Crippen molar-refractivity contribution in [1.29, 1.82) is 0 Å². The minimum atomic E-state index is -0.223. The molecule has 0 saturated carbocycles. The summed E-state index contributed by atoms with van der Waals surface area (Å²) < 4.78 is 15.4. The van der Waals surface area contributed by atoms with Gasteiger partial charge in [0.2, 0.25) is 0 Å². The Morgan fingerprint density at radius 3 is 2.58 bits per heavy atom. The molecule has 0 radical (unpaired) electrons. The van der Waals surface area contributed by atoms with E-state index in [0.29, 0.717) is 19.0 Å². The summed E-state index contributed by atoms with van der Waals surface area (Å²) in [5.41, 5.74) is 4.25. The fraction of sp³-hybridized carbons (Fsp3) is 0.474. The van der Waals surface area contributed by atoms with Crippen LogP contribution in [0.4, 0.5) is 4.39 Å². The Kier molecular flexibility index (Phi) is 6.74. The summed E-state index contributed by atoms with van der Waals surface area (Å²) >= 11 is 0. The summed E-state index contributed by atoms with van der Waals surface area (Å²) in [5.74, 6) is 0.482. The van der Waals surface area contributed by atoms with E-state index in [0.717, 1.165) is 17.0 Å². The maximum Gasteiger partial charge on any atom is 0.191 e. The van der Waals surface area contributed by atoms with Crippen molar-refractivity contribution < 1.29 is 4.39 Å². The predicted octanol–water partition coefficient (Wildman–Crippen LogP) is 2.14. The lowest BCUT2D eigenvalue weighted by Gasteiger charge is -2.26. The molecule has 2 N–H and O–H groups in total. The number of benzene rings is 1. The van der Waals surface area contributed by atoms with Gasteiger partial charge in [0.1, 0.15) is 5.82 Å². The largest absolute Gasteiger partial charge is 0.354 e. The van der Waals surface area contributed by atoms with Crippen molar-refractivity contribution >= 4 is 5.96 Å². The highest BCUT2D eigenvalue weighted by molar-refractivity contribution is 5.79. The number of rotatable bonds is 6. The third kappa shape index (κ3) is 4.82. The second-order valence-corrected chi connectivity index (χ2v) is 6.61. The Morgan fingerprint density at radius 1 is 1.31 bits per heavy atom. The van der Waals surface area contributed by atoms with E-state index in [2.05, 4.69) is 32.5 Å². The van der Waals surface area contributed by atoms with Crippen LogP contribution < -0.4 is 10.6 Å². The topological polar surface area (TPSA) is 57.5 Å². The molecule has 0 aliphatic heterocycles. The fourth-order valence-electron chi connectivity index (χ4n) is 2.97. The zero-order valence-electron chi connectivity index (χ0n) is 16.5. The molecule has 1 aromatic carbocycles. The molecule has 26 heavy (non-hydrogen) atoms. The second kappa shape index (κ2) is 8.80. The van der Waals surface area contributed by atoms with E-state index in [9.17, 15) is 4.39 Å². The Morgan fingerprint density at radius 2 is 2.04 bits per heavy atom. The molecule has 0 aliphatic carbocycles. The summed E-state index contributed by atoms with van der Waals surface area (Å²) in [6, 6.07) is 6.75. The fourth-order valence-corrected chi connectivity index (χ4v) is 2.97. The SMILES string of the molecule is CN=C(NCc1c(C)nn(C)c1C)NCC(c1cccc(F)c1)N(C)C. The van der Waals surface area contributed by atoms with E-state index in [1.54, 1.807) is 19.2 Å². The molecule has 2 aromatic rings. The Balaban J connectivity index is 2.00. The van der Waals surface area contributed by atoms with Crippen LogP contribution in [-0.4, -0.2) is 48.3 Å². The lowest BCUT2D eigenvalue weighted by molar-refractivity contribution is 0.297. The highest BCUT2D eigenvalue weighted by Crippen LogP contribution is 2.18. The quantitative estimate of drug-likeness (QED) is 0.612.